The van der Waals surface area contributed by atoms with Crippen LogP contribution in [-0.4, -0.2) is 22.1 Å². The Morgan fingerprint density at radius 1 is 1.17 bits per heavy atom. The summed E-state index contributed by atoms with van der Waals surface area (Å²) < 4.78 is 0. The molecule has 6 heavy (non-hydrogen) atoms. The fourth-order valence-corrected chi connectivity index (χ4v) is 1.32. The molecule has 0 unspecified atom stereocenters. The van der Waals surface area contributed by atoms with Crippen LogP contribution in [-0.2, 0) is 0 Å². The molecule has 1 aliphatic rings. The maximum atomic E-state index is 8.58. The lowest BCUT2D eigenvalue weighted by atomic mass is 10.5. The van der Waals surface area contributed by atoms with Gasteiger partial charge in [0.05, 0.1) is 7.72 Å². The van der Waals surface area contributed by atoms with Crippen LogP contribution in [0.25, 0.3) is 0 Å². The summed E-state index contributed by atoms with van der Waals surface area (Å²) in [4.78, 5) is 17.2. The van der Waals surface area contributed by atoms with E-state index in [0.29, 0.717) is 12.3 Å². The molecular formula is C3H8O2P. The van der Waals surface area contributed by atoms with E-state index in [9.17, 15) is 0 Å². The average molecular weight is 107 g/mol. The zero-order valence-corrected chi connectivity index (χ0v) is 4.36. The summed E-state index contributed by atoms with van der Waals surface area (Å²) in [5, 5.41) is 0. The summed E-state index contributed by atoms with van der Waals surface area (Å²) in [5.74, 6) is 0. The molecule has 2 N–H and O–H groups in total. The van der Waals surface area contributed by atoms with Crippen LogP contribution in [0.3, 0.4) is 0 Å². The van der Waals surface area contributed by atoms with Crippen LogP contribution in [0.4, 0.5) is 0 Å². The second kappa shape index (κ2) is 1.16. The smallest absolute Gasteiger partial charge is 0.0958 e. The molecule has 0 amide bonds. The Balaban J connectivity index is 2.31. The molecule has 1 radical (unpaired) electrons. The van der Waals surface area contributed by atoms with E-state index in [1.54, 1.807) is 0 Å². The highest BCUT2D eigenvalue weighted by Crippen LogP contribution is 2.58. The molecule has 0 spiro atoms. The van der Waals surface area contributed by atoms with E-state index in [1.807, 2.05) is 0 Å². The van der Waals surface area contributed by atoms with Gasteiger partial charge < -0.3 is 9.79 Å². The van der Waals surface area contributed by atoms with Crippen molar-refractivity contribution in [2.45, 2.75) is 6.42 Å². The molecule has 0 atom stereocenters. The van der Waals surface area contributed by atoms with Gasteiger partial charge in [-0.1, -0.05) is 0 Å². The summed E-state index contributed by atoms with van der Waals surface area (Å²) in [6.07, 6.45) is 2.36. The first-order valence-corrected chi connectivity index (χ1v) is 4.10. The molecule has 1 rings (SSSR count). The first-order chi connectivity index (χ1) is 2.71. The SMILES string of the molecule is O[P]1(O)CCC1. The molecule has 37 valence electrons. The van der Waals surface area contributed by atoms with Gasteiger partial charge in [-0.25, -0.2) is 0 Å². The zero-order valence-electron chi connectivity index (χ0n) is 3.46. The lowest BCUT2D eigenvalue weighted by Gasteiger charge is -2.31. The third-order valence-corrected chi connectivity index (χ3v) is 3.10. The molecule has 1 heterocycles. The summed E-state index contributed by atoms with van der Waals surface area (Å²) in [6, 6.07) is 0. The minimum absolute atomic E-state index is 0.674. The first kappa shape index (κ1) is 4.51. The Labute approximate surface area is 37.3 Å². The highest BCUT2D eigenvalue weighted by Gasteiger charge is 2.28. The summed E-state index contributed by atoms with van der Waals surface area (Å²) in [6.45, 7) is 0. The number of hydrogen-bond donors (Lipinski definition) is 2. The van der Waals surface area contributed by atoms with Crippen LogP contribution in [0.1, 0.15) is 6.42 Å². The Bertz CT molecular complexity index is 55.8. The fraction of sp³-hybridized carbons (Fsp3) is 1.00. The highest BCUT2D eigenvalue weighted by molar-refractivity contribution is 7.66. The molecule has 1 aliphatic heterocycles. The Morgan fingerprint density at radius 2 is 1.50 bits per heavy atom. The molecule has 1 fully saturated rings. The van der Waals surface area contributed by atoms with Crippen molar-refractivity contribution in [3.05, 3.63) is 0 Å². The van der Waals surface area contributed by atoms with Crippen LogP contribution in [0.15, 0.2) is 0 Å². The minimum atomic E-state index is -2.22. The van der Waals surface area contributed by atoms with Gasteiger partial charge in [0.2, 0.25) is 0 Å². The average Bonchev–Trinajstić information content (AvgIpc) is 1.32. The van der Waals surface area contributed by atoms with Crippen LogP contribution >= 0.6 is 7.72 Å². The van der Waals surface area contributed by atoms with Crippen molar-refractivity contribution in [3.63, 3.8) is 0 Å². The maximum absolute atomic E-state index is 8.58. The lowest BCUT2D eigenvalue weighted by molar-refractivity contribution is 0.428. The van der Waals surface area contributed by atoms with Gasteiger partial charge in [-0.3, -0.25) is 0 Å². The fourth-order valence-electron chi connectivity index (χ4n) is 0.441. The van der Waals surface area contributed by atoms with E-state index in [1.165, 1.54) is 0 Å². The van der Waals surface area contributed by atoms with Crippen LogP contribution in [0, 0.1) is 0 Å². The Kier molecular flexibility index (Phi) is 0.870. The van der Waals surface area contributed by atoms with Crippen molar-refractivity contribution in [2.75, 3.05) is 12.3 Å². The molecule has 0 bridgehead atoms. The summed E-state index contributed by atoms with van der Waals surface area (Å²) in [5.41, 5.74) is 0. The van der Waals surface area contributed by atoms with E-state index >= 15 is 0 Å². The number of hydrogen-bond acceptors (Lipinski definition) is 2. The van der Waals surface area contributed by atoms with Gasteiger partial charge in [-0.2, -0.15) is 0 Å². The molecule has 2 nitrogen and oxygen atoms in total. The van der Waals surface area contributed by atoms with Gasteiger partial charge in [0.15, 0.2) is 0 Å². The van der Waals surface area contributed by atoms with E-state index in [0.717, 1.165) is 6.42 Å². The van der Waals surface area contributed by atoms with Crippen LogP contribution in [0.5, 0.6) is 0 Å². The standard InChI is InChI=1S/C3H8O2P/c4-6(5)2-1-3-6/h4-5H,1-3H2. The van der Waals surface area contributed by atoms with Crippen molar-refractivity contribution in [2.24, 2.45) is 0 Å². The molecule has 0 aromatic carbocycles. The topological polar surface area (TPSA) is 40.5 Å². The van der Waals surface area contributed by atoms with Crippen molar-refractivity contribution in [1.29, 1.82) is 0 Å². The van der Waals surface area contributed by atoms with Gasteiger partial charge >= 0.3 is 0 Å². The van der Waals surface area contributed by atoms with E-state index in [-0.39, 0.29) is 0 Å². The Morgan fingerprint density at radius 3 is 1.50 bits per heavy atom. The molecule has 1 saturated heterocycles. The maximum Gasteiger partial charge on any atom is 0.0958 e. The largest absolute Gasteiger partial charge is 0.356 e. The van der Waals surface area contributed by atoms with Crippen molar-refractivity contribution in [3.8, 4) is 0 Å². The van der Waals surface area contributed by atoms with Crippen molar-refractivity contribution in [1.82, 2.24) is 0 Å². The highest BCUT2D eigenvalue weighted by atomic mass is 31.2. The van der Waals surface area contributed by atoms with E-state index in [4.69, 9.17) is 9.79 Å². The van der Waals surface area contributed by atoms with E-state index < -0.39 is 7.72 Å². The first-order valence-electron chi connectivity index (χ1n) is 2.03. The second-order valence-electron chi connectivity index (χ2n) is 1.68. The van der Waals surface area contributed by atoms with Crippen molar-refractivity contribution >= 4 is 7.72 Å². The summed E-state index contributed by atoms with van der Waals surface area (Å²) in [7, 11) is -2.22. The third kappa shape index (κ3) is 0.700. The molecule has 0 aromatic heterocycles. The normalized spacial score (nSPS) is 29.0. The molecular weight excluding hydrogens is 99.0 g/mol. The van der Waals surface area contributed by atoms with Crippen LogP contribution in [0.2, 0.25) is 0 Å². The van der Waals surface area contributed by atoms with Gasteiger partial charge in [0, 0.05) is 12.3 Å². The zero-order chi connectivity index (χ0) is 4.62. The van der Waals surface area contributed by atoms with Gasteiger partial charge in [0.1, 0.15) is 0 Å². The molecule has 0 aromatic rings. The van der Waals surface area contributed by atoms with E-state index in [2.05, 4.69) is 0 Å². The van der Waals surface area contributed by atoms with Gasteiger partial charge in [-0.15, -0.1) is 0 Å². The number of rotatable bonds is 0. The molecule has 3 heteroatoms. The van der Waals surface area contributed by atoms with Gasteiger partial charge in [-0.05, 0) is 6.42 Å². The quantitative estimate of drug-likeness (QED) is 0.435. The molecule has 0 aliphatic carbocycles. The van der Waals surface area contributed by atoms with Crippen LogP contribution < -0.4 is 0 Å². The predicted octanol–water partition coefficient (Wildman–Crippen LogP) is 0.222. The lowest BCUT2D eigenvalue weighted by Crippen LogP contribution is -2.13. The third-order valence-electron chi connectivity index (χ3n) is 1.03. The minimum Gasteiger partial charge on any atom is -0.356 e. The summed E-state index contributed by atoms with van der Waals surface area (Å²) >= 11 is 0. The van der Waals surface area contributed by atoms with Crippen molar-refractivity contribution < 1.29 is 9.79 Å². The predicted molar refractivity (Wildman–Crippen MR) is 25.7 cm³/mol. The molecule has 0 saturated carbocycles. The second-order valence-corrected chi connectivity index (χ2v) is 4.33. The monoisotopic (exact) mass is 107 g/mol. The Hall–Kier alpha value is 0.350. The van der Waals surface area contributed by atoms with Gasteiger partial charge in [0.25, 0.3) is 0 Å².